The number of thiazole rings is 1. The van der Waals surface area contributed by atoms with E-state index in [2.05, 4.69) is 4.98 Å². The van der Waals surface area contributed by atoms with E-state index in [1.165, 1.54) is 0 Å². The van der Waals surface area contributed by atoms with Crippen molar-refractivity contribution in [2.75, 3.05) is 6.54 Å². The summed E-state index contributed by atoms with van der Waals surface area (Å²) in [5.41, 5.74) is 1.90. The maximum absolute atomic E-state index is 12.9. The third-order valence-electron chi connectivity index (χ3n) is 4.15. The van der Waals surface area contributed by atoms with Gasteiger partial charge < -0.3 is 0 Å². The molecule has 0 aliphatic carbocycles. The zero-order chi connectivity index (χ0) is 15.6. The lowest BCUT2D eigenvalue weighted by Crippen LogP contribution is -2.39. The summed E-state index contributed by atoms with van der Waals surface area (Å²) in [6.45, 7) is 2.55. The minimum absolute atomic E-state index is 0.0710. The quantitative estimate of drug-likeness (QED) is 0.858. The molecule has 0 unspecified atom stereocenters. The molecule has 1 aromatic heterocycles. The van der Waals surface area contributed by atoms with Crippen LogP contribution in [-0.4, -0.2) is 24.3 Å². The zero-order valence-electron chi connectivity index (χ0n) is 12.6. The first kappa shape index (κ1) is 15.6. The van der Waals surface area contributed by atoms with Gasteiger partial charge in [-0.25, -0.2) is 13.4 Å². The summed E-state index contributed by atoms with van der Waals surface area (Å²) in [6.07, 6.45) is 4.59. The molecule has 1 fully saturated rings. The Morgan fingerprint density at radius 2 is 2.14 bits per heavy atom. The van der Waals surface area contributed by atoms with Gasteiger partial charge in [0.15, 0.2) is 0 Å². The van der Waals surface area contributed by atoms with Crippen LogP contribution in [0.2, 0.25) is 0 Å². The molecule has 1 aromatic carbocycles. The Kier molecular flexibility index (Phi) is 4.61. The Bertz CT molecular complexity index is 726. The lowest BCUT2D eigenvalue weighted by Gasteiger charge is -2.33. The van der Waals surface area contributed by atoms with Gasteiger partial charge in [-0.15, -0.1) is 11.3 Å². The van der Waals surface area contributed by atoms with E-state index in [-0.39, 0.29) is 11.8 Å². The maximum atomic E-state index is 12.9. The summed E-state index contributed by atoms with van der Waals surface area (Å²) in [5, 5.41) is 2.82. The lowest BCUT2D eigenvalue weighted by molar-refractivity contribution is 0.255. The molecular formula is C16H20N2O2S2. The lowest BCUT2D eigenvalue weighted by atomic mass is 10.1. The number of hydrogen-bond donors (Lipinski definition) is 0. The molecule has 118 valence electrons. The third-order valence-corrected chi connectivity index (χ3v) is 6.85. The van der Waals surface area contributed by atoms with Crippen LogP contribution in [0.15, 0.2) is 35.8 Å². The Balaban J connectivity index is 1.88. The molecule has 4 nitrogen and oxygen atoms in total. The summed E-state index contributed by atoms with van der Waals surface area (Å²) in [7, 11) is -3.33. The molecule has 6 heteroatoms. The van der Waals surface area contributed by atoms with Gasteiger partial charge in [-0.3, -0.25) is 0 Å². The molecule has 1 aliphatic rings. The summed E-state index contributed by atoms with van der Waals surface area (Å²) in [4.78, 5) is 4.34. The minimum Gasteiger partial charge on any atom is -0.248 e. The van der Waals surface area contributed by atoms with E-state index in [1.807, 2.05) is 36.6 Å². The predicted molar refractivity (Wildman–Crippen MR) is 89.2 cm³/mol. The van der Waals surface area contributed by atoms with Gasteiger partial charge in [0.05, 0.1) is 11.8 Å². The Morgan fingerprint density at radius 3 is 2.86 bits per heavy atom. The summed E-state index contributed by atoms with van der Waals surface area (Å²) >= 11 is 1.54. The van der Waals surface area contributed by atoms with Crippen molar-refractivity contribution in [1.82, 2.24) is 9.29 Å². The molecule has 0 amide bonds. The van der Waals surface area contributed by atoms with E-state index in [0.717, 1.165) is 35.4 Å². The first-order valence-corrected chi connectivity index (χ1v) is 10.0. The van der Waals surface area contributed by atoms with Crippen molar-refractivity contribution in [3.63, 3.8) is 0 Å². The van der Waals surface area contributed by atoms with E-state index >= 15 is 0 Å². The average Bonchev–Trinajstić information content (AvgIpc) is 3.04. The first-order valence-electron chi connectivity index (χ1n) is 7.51. The number of hydrogen-bond acceptors (Lipinski definition) is 4. The van der Waals surface area contributed by atoms with Crippen LogP contribution >= 0.6 is 11.3 Å². The molecule has 0 N–H and O–H groups in total. The molecular weight excluding hydrogens is 316 g/mol. The van der Waals surface area contributed by atoms with E-state index in [4.69, 9.17) is 0 Å². The van der Waals surface area contributed by atoms with E-state index in [9.17, 15) is 8.42 Å². The summed E-state index contributed by atoms with van der Waals surface area (Å²) < 4.78 is 27.5. The molecule has 1 aliphatic heterocycles. The molecule has 2 heterocycles. The van der Waals surface area contributed by atoms with Crippen LogP contribution in [0.5, 0.6) is 0 Å². The molecule has 1 saturated heterocycles. The number of rotatable bonds is 4. The molecule has 1 atom stereocenters. The van der Waals surface area contributed by atoms with Gasteiger partial charge in [-0.2, -0.15) is 4.31 Å². The Hall–Kier alpha value is -1.24. The number of aromatic nitrogens is 1. The maximum Gasteiger partial charge on any atom is 0.218 e. The highest BCUT2D eigenvalue weighted by atomic mass is 32.2. The van der Waals surface area contributed by atoms with Crippen LogP contribution in [-0.2, 0) is 15.8 Å². The fraction of sp³-hybridized carbons (Fsp3) is 0.438. The van der Waals surface area contributed by atoms with Crippen LogP contribution in [0.4, 0.5) is 0 Å². The highest BCUT2D eigenvalue weighted by molar-refractivity contribution is 7.88. The van der Waals surface area contributed by atoms with Crippen molar-refractivity contribution in [3.05, 3.63) is 52.0 Å². The van der Waals surface area contributed by atoms with Crippen molar-refractivity contribution in [3.8, 4) is 0 Å². The fourth-order valence-electron chi connectivity index (χ4n) is 2.94. The average molecular weight is 336 g/mol. The smallest absolute Gasteiger partial charge is 0.218 e. The minimum atomic E-state index is -3.33. The third kappa shape index (κ3) is 3.24. The second-order valence-corrected chi connectivity index (χ2v) is 8.52. The number of piperidine rings is 1. The van der Waals surface area contributed by atoms with E-state index < -0.39 is 10.0 Å². The van der Waals surface area contributed by atoms with Crippen LogP contribution in [0.25, 0.3) is 0 Å². The molecule has 22 heavy (non-hydrogen) atoms. The second kappa shape index (κ2) is 6.48. The normalized spacial score (nSPS) is 20.1. The van der Waals surface area contributed by atoms with E-state index in [0.29, 0.717) is 6.54 Å². The fourth-order valence-corrected chi connectivity index (χ4v) is 5.67. The van der Waals surface area contributed by atoms with Crippen molar-refractivity contribution in [2.45, 2.75) is 38.0 Å². The number of aryl methyl sites for hydroxylation is 1. The molecule has 0 saturated carbocycles. The molecule has 0 bridgehead atoms. The Labute approximate surface area is 135 Å². The summed E-state index contributed by atoms with van der Waals surface area (Å²) in [5.74, 6) is 0.0710. The second-order valence-electron chi connectivity index (χ2n) is 5.68. The Morgan fingerprint density at radius 1 is 1.32 bits per heavy atom. The van der Waals surface area contributed by atoms with Crippen LogP contribution in [0.3, 0.4) is 0 Å². The van der Waals surface area contributed by atoms with Gasteiger partial charge in [-0.1, -0.05) is 30.7 Å². The van der Waals surface area contributed by atoms with Crippen molar-refractivity contribution in [2.24, 2.45) is 0 Å². The monoisotopic (exact) mass is 336 g/mol. The molecule has 3 rings (SSSR count). The highest BCUT2D eigenvalue weighted by Crippen LogP contribution is 2.35. The molecule has 0 radical (unpaired) electrons. The number of nitrogens with zero attached hydrogens (tertiary/aromatic N) is 2. The van der Waals surface area contributed by atoms with Crippen LogP contribution in [0, 0.1) is 6.92 Å². The van der Waals surface area contributed by atoms with Crippen molar-refractivity contribution >= 4 is 21.4 Å². The predicted octanol–water partition coefficient (Wildman–Crippen LogP) is 3.51. The molecule has 2 aromatic rings. The standard InChI is InChI=1S/C16H20N2O2S2/c1-13-6-2-3-7-14(13)12-22(19,20)18-10-5-4-8-15(18)16-17-9-11-21-16/h2-3,6-7,9,11,15H,4-5,8,10,12H2,1H3/t15-/m1/s1. The van der Waals surface area contributed by atoms with Crippen molar-refractivity contribution in [1.29, 1.82) is 0 Å². The molecule has 0 spiro atoms. The topological polar surface area (TPSA) is 50.3 Å². The van der Waals surface area contributed by atoms with Gasteiger partial charge >= 0.3 is 0 Å². The van der Waals surface area contributed by atoms with Crippen LogP contribution < -0.4 is 0 Å². The first-order chi connectivity index (χ1) is 10.6. The van der Waals surface area contributed by atoms with Gasteiger partial charge in [0.1, 0.15) is 5.01 Å². The van der Waals surface area contributed by atoms with Gasteiger partial charge in [-0.05, 0) is 30.9 Å². The number of benzene rings is 1. The van der Waals surface area contributed by atoms with E-state index in [1.54, 1.807) is 21.8 Å². The summed E-state index contributed by atoms with van der Waals surface area (Å²) in [6, 6.07) is 7.59. The van der Waals surface area contributed by atoms with Gasteiger partial charge in [0, 0.05) is 18.1 Å². The van der Waals surface area contributed by atoms with Gasteiger partial charge in [0.2, 0.25) is 10.0 Å². The van der Waals surface area contributed by atoms with Gasteiger partial charge in [0.25, 0.3) is 0 Å². The largest absolute Gasteiger partial charge is 0.248 e. The van der Waals surface area contributed by atoms with Crippen LogP contribution in [0.1, 0.15) is 41.4 Å². The highest BCUT2D eigenvalue weighted by Gasteiger charge is 2.34. The number of sulfonamides is 1. The van der Waals surface area contributed by atoms with Crippen molar-refractivity contribution < 1.29 is 8.42 Å². The SMILES string of the molecule is Cc1ccccc1CS(=O)(=O)N1CCCC[C@@H]1c1nccs1. The zero-order valence-corrected chi connectivity index (χ0v) is 14.2.